The van der Waals surface area contributed by atoms with Gasteiger partial charge in [-0.15, -0.1) is 11.3 Å². The van der Waals surface area contributed by atoms with E-state index < -0.39 is 0 Å². The Hall–Kier alpha value is -2.35. The van der Waals surface area contributed by atoms with Crippen LogP contribution in [0.2, 0.25) is 0 Å². The van der Waals surface area contributed by atoms with E-state index in [1.807, 2.05) is 21.2 Å². The number of thiophene rings is 1. The highest BCUT2D eigenvalue weighted by molar-refractivity contribution is 7.10. The highest BCUT2D eigenvalue weighted by atomic mass is 32.1. The number of aromatic amines is 1. The van der Waals surface area contributed by atoms with Crippen LogP contribution < -0.4 is 16.2 Å². The second kappa shape index (κ2) is 5.84. The molecule has 2 fully saturated rings. The number of nitrogens with one attached hydrogen (secondary N) is 1. The summed E-state index contributed by atoms with van der Waals surface area (Å²) in [6.45, 7) is 6.87. The van der Waals surface area contributed by atoms with Crippen molar-refractivity contribution in [3.8, 4) is 0 Å². The van der Waals surface area contributed by atoms with Gasteiger partial charge in [0.25, 0.3) is 5.56 Å². The maximum atomic E-state index is 13.4. The number of carbonyl (C=O) groups excluding carboxylic acids is 1. The number of nitrogen functional groups attached to an aromatic ring is 1. The molecule has 0 spiro atoms. The lowest BCUT2D eigenvalue weighted by atomic mass is 9.92. The molecule has 3 N–H and O–H groups in total. The maximum absolute atomic E-state index is 13.4. The smallest absolute Gasteiger partial charge is 0.254 e. The van der Waals surface area contributed by atoms with Crippen LogP contribution in [-0.2, 0) is 10.2 Å². The molecule has 1 saturated heterocycles. The molecule has 1 saturated carbocycles. The number of aromatic nitrogens is 2. The number of piperazine rings is 1. The second-order valence-corrected chi connectivity index (χ2v) is 8.66. The Morgan fingerprint density at radius 1 is 1.31 bits per heavy atom. The van der Waals surface area contributed by atoms with E-state index in [1.54, 1.807) is 11.3 Å². The number of rotatable bonds is 3. The van der Waals surface area contributed by atoms with Gasteiger partial charge in [-0.2, -0.15) is 4.98 Å². The van der Waals surface area contributed by atoms with Crippen LogP contribution in [0.5, 0.6) is 0 Å². The van der Waals surface area contributed by atoms with Crippen molar-refractivity contribution in [2.45, 2.75) is 25.7 Å². The molecule has 26 heavy (non-hydrogen) atoms. The molecular formula is C18H23N5O2S. The molecule has 8 heteroatoms. The van der Waals surface area contributed by atoms with Gasteiger partial charge in [0.2, 0.25) is 11.9 Å². The van der Waals surface area contributed by atoms with E-state index in [9.17, 15) is 9.59 Å². The molecular weight excluding hydrogens is 350 g/mol. The van der Waals surface area contributed by atoms with E-state index in [1.165, 1.54) is 10.9 Å². The quantitative estimate of drug-likeness (QED) is 0.849. The molecule has 7 nitrogen and oxygen atoms in total. The lowest BCUT2D eigenvalue weighted by Crippen LogP contribution is -2.52. The Morgan fingerprint density at radius 2 is 2.00 bits per heavy atom. The van der Waals surface area contributed by atoms with Crippen LogP contribution in [-0.4, -0.2) is 47.0 Å². The van der Waals surface area contributed by atoms with Crippen LogP contribution in [0.15, 0.2) is 28.4 Å². The summed E-state index contributed by atoms with van der Waals surface area (Å²) >= 11 is 1.67. The third-order valence-electron chi connectivity index (χ3n) is 5.68. The molecule has 1 atom stereocenters. The van der Waals surface area contributed by atoms with Gasteiger partial charge in [0, 0.05) is 37.1 Å². The number of anilines is 2. The van der Waals surface area contributed by atoms with Crippen molar-refractivity contribution in [3.05, 3.63) is 38.8 Å². The van der Waals surface area contributed by atoms with Crippen molar-refractivity contribution < 1.29 is 4.79 Å². The fourth-order valence-corrected chi connectivity index (χ4v) is 5.16. The molecule has 1 aliphatic carbocycles. The first-order valence-corrected chi connectivity index (χ1v) is 9.67. The van der Waals surface area contributed by atoms with Gasteiger partial charge in [0.15, 0.2) is 0 Å². The Bertz CT molecular complexity index is 883. The summed E-state index contributed by atoms with van der Waals surface area (Å²) in [6.07, 6.45) is 0.895. The SMILES string of the molecule is CC1(C)C[C@@]1(C(=O)N1CCN(c2cc(=O)[nH]c(N)n2)CC1)c1cccs1. The molecule has 1 aliphatic heterocycles. The number of carbonyl (C=O) groups is 1. The summed E-state index contributed by atoms with van der Waals surface area (Å²) in [4.78, 5) is 36.8. The van der Waals surface area contributed by atoms with Crippen molar-refractivity contribution in [3.63, 3.8) is 0 Å². The monoisotopic (exact) mass is 373 g/mol. The summed E-state index contributed by atoms with van der Waals surface area (Å²) < 4.78 is 0. The van der Waals surface area contributed by atoms with Crippen molar-refractivity contribution >= 4 is 29.0 Å². The first-order valence-electron chi connectivity index (χ1n) is 8.79. The summed E-state index contributed by atoms with van der Waals surface area (Å²) in [5.41, 5.74) is 4.99. The fourth-order valence-electron chi connectivity index (χ4n) is 4.06. The Kier molecular flexibility index (Phi) is 3.83. The summed E-state index contributed by atoms with van der Waals surface area (Å²) in [6, 6.07) is 5.55. The topological polar surface area (TPSA) is 95.3 Å². The summed E-state index contributed by atoms with van der Waals surface area (Å²) in [7, 11) is 0. The van der Waals surface area contributed by atoms with E-state index in [0.29, 0.717) is 32.0 Å². The molecule has 0 bridgehead atoms. The van der Waals surface area contributed by atoms with Gasteiger partial charge in [0.05, 0.1) is 5.41 Å². The number of hydrogen-bond acceptors (Lipinski definition) is 6. The first-order chi connectivity index (χ1) is 12.3. The first kappa shape index (κ1) is 17.1. The zero-order chi connectivity index (χ0) is 18.5. The fraction of sp³-hybridized carbons (Fsp3) is 0.500. The molecule has 0 aromatic carbocycles. The largest absolute Gasteiger partial charge is 0.369 e. The van der Waals surface area contributed by atoms with Gasteiger partial charge in [-0.3, -0.25) is 14.6 Å². The predicted molar refractivity (Wildman–Crippen MR) is 102 cm³/mol. The molecule has 138 valence electrons. The third kappa shape index (κ3) is 2.59. The molecule has 1 amide bonds. The van der Waals surface area contributed by atoms with Crippen molar-refractivity contribution in [1.29, 1.82) is 0 Å². The van der Waals surface area contributed by atoms with Gasteiger partial charge in [-0.05, 0) is 23.3 Å². The van der Waals surface area contributed by atoms with Crippen LogP contribution in [0.4, 0.5) is 11.8 Å². The maximum Gasteiger partial charge on any atom is 0.254 e. The van der Waals surface area contributed by atoms with Crippen LogP contribution in [0.25, 0.3) is 0 Å². The van der Waals surface area contributed by atoms with Gasteiger partial charge in [0.1, 0.15) is 5.82 Å². The average Bonchev–Trinajstić information content (AvgIpc) is 2.97. The minimum absolute atomic E-state index is 0.00516. The number of hydrogen-bond donors (Lipinski definition) is 2. The van der Waals surface area contributed by atoms with Gasteiger partial charge >= 0.3 is 0 Å². The lowest BCUT2D eigenvalue weighted by molar-refractivity contribution is -0.135. The van der Waals surface area contributed by atoms with E-state index >= 15 is 0 Å². The van der Waals surface area contributed by atoms with Crippen molar-refractivity contribution in [2.75, 3.05) is 36.8 Å². The van der Waals surface area contributed by atoms with Crippen LogP contribution in [0, 0.1) is 5.41 Å². The minimum atomic E-state index is -0.379. The Labute approximate surface area is 155 Å². The zero-order valence-electron chi connectivity index (χ0n) is 15.0. The van der Waals surface area contributed by atoms with E-state index in [0.717, 1.165) is 6.42 Å². The molecule has 2 aliphatic rings. The number of nitrogens with two attached hydrogens (primary N) is 1. The van der Waals surface area contributed by atoms with Gasteiger partial charge < -0.3 is 15.5 Å². The normalized spacial score (nSPS) is 24.5. The molecule has 4 rings (SSSR count). The van der Waals surface area contributed by atoms with Crippen LogP contribution in [0.3, 0.4) is 0 Å². The number of nitrogens with zero attached hydrogens (tertiary/aromatic N) is 3. The molecule has 3 heterocycles. The highest BCUT2D eigenvalue weighted by Crippen LogP contribution is 2.66. The molecule has 2 aromatic rings. The van der Waals surface area contributed by atoms with E-state index in [4.69, 9.17) is 5.73 Å². The standard InChI is InChI=1S/C18H23N5O2S/c1-17(2)11-18(17,12-4-3-9-26-12)15(25)23-7-5-22(6-8-23)13-10-14(24)21-16(19)20-13/h3-4,9-10H,5-8,11H2,1-2H3,(H3,19,20,21,24)/t18-/m0/s1. The van der Waals surface area contributed by atoms with E-state index in [-0.39, 0.29) is 28.2 Å². The van der Waals surface area contributed by atoms with Crippen molar-refractivity contribution in [1.82, 2.24) is 14.9 Å². The summed E-state index contributed by atoms with van der Waals surface area (Å²) in [5.74, 6) is 0.906. The average molecular weight is 373 g/mol. The summed E-state index contributed by atoms with van der Waals surface area (Å²) in [5, 5.41) is 2.04. The zero-order valence-corrected chi connectivity index (χ0v) is 15.8. The third-order valence-corrected chi connectivity index (χ3v) is 6.71. The van der Waals surface area contributed by atoms with Crippen LogP contribution >= 0.6 is 11.3 Å². The minimum Gasteiger partial charge on any atom is -0.369 e. The van der Waals surface area contributed by atoms with Gasteiger partial charge in [-0.1, -0.05) is 19.9 Å². The molecule has 2 aromatic heterocycles. The predicted octanol–water partition coefficient (Wildman–Crippen LogP) is 1.43. The van der Waals surface area contributed by atoms with E-state index in [2.05, 4.69) is 29.9 Å². The molecule has 0 unspecified atom stereocenters. The number of amides is 1. The Morgan fingerprint density at radius 3 is 2.54 bits per heavy atom. The highest BCUT2D eigenvalue weighted by Gasteiger charge is 2.68. The molecule has 0 radical (unpaired) electrons. The Balaban J connectivity index is 1.50. The van der Waals surface area contributed by atoms with Crippen molar-refractivity contribution in [2.24, 2.45) is 5.41 Å². The van der Waals surface area contributed by atoms with Crippen LogP contribution in [0.1, 0.15) is 25.1 Å². The second-order valence-electron chi connectivity index (χ2n) is 7.71. The van der Waals surface area contributed by atoms with Gasteiger partial charge in [-0.25, -0.2) is 0 Å². The number of H-pyrrole nitrogens is 1. The lowest BCUT2D eigenvalue weighted by Gasteiger charge is -2.37.